The number of aliphatic hydroxyl groups excluding tert-OH is 1. The van der Waals surface area contributed by atoms with Gasteiger partial charge in [0.05, 0.1) is 6.26 Å². The van der Waals surface area contributed by atoms with Gasteiger partial charge in [-0.25, -0.2) is 8.78 Å². The average molecular weight is 238 g/mol. The Bertz CT molecular complexity index is 546. The first-order valence-electron chi connectivity index (χ1n) is 5.17. The molecular formula is C13H12F2O2. The maximum absolute atomic E-state index is 13.6. The molecule has 1 atom stereocenters. The Labute approximate surface area is 97.5 Å². The Morgan fingerprint density at radius 1 is 1.12 bits per heavy atom. The molecule has 0 amide bonds. The molecule has 90 valence electrons. The van der Waals surface area contributed by atoms with E-state index in [1.807, 2.05) is 0 Å². The highest BCUT2D eigenvalue weighted by Crippen LogP contribution is 2.27. The second-order valence-corrected chi connectivity index (χ2v) is 4.02. The minimum Gasteiger partial charge on any atom is -0.469 e. The zero-order chi connectivity index (χ0) is 12.6. The van der Waals surface area contributed by atoms with E-state index in [9.17, 15) is 13.9 Å². The second kappa shape index (κ2) is 4.30. The molecule has 17 heavy (non-hydrogen) atoms. The first-order valence-corrected chi connectivity index (χ1v) is 5.17. The van der Waals surface area contributed by atoms with Crippen molar-refractivity contribution in [1.29, 1.82) is 0 Å². The molecule has 0 saturated heterocycles. The molecule has 1 aromatic heterocycles. The molecule has 0 fully saturated rings. The van der Waals surface area contributed by atoms with Crippen LogP contribution in [0.5, 0.6) is 0 Å². The first kappa shape index (κ1) is 11.8. The van der Waals surface area contributed by atoms with Crippen LogP contribution in [-0.4, -0.2) is 5.11 Å². The molecule has 0 aliphatic heterocycles. The molecule has 0 aliphatic carbocycles. The summed E-state index contributed by atoms with van der Waals surface area (Å²) in [6, 6.07) is 3.67. The second-order valence-electron chi connectivity index (χ2n) is 4.02. The Morgan fingerprint density at radius 3 is 2.41 bits per heavy atom. The van der Waals surface area contributed by atoms with Crippen LogP contribution in [0.25, 0.3) is 0 Å². The lowest BCUT2D eigenvalue weighted by molar-refractivity contribution is 0.213. The highest BCUT2D eigenvalue weighted by Gasteiger charge is 2.18. The normalized spacial score (nSPS) is 12.8. The summed E-state index contributed by atoms with van der Waals surface area (Å²) >= 11 is 0. The van der Waals surface area contributed by atoms with E-state index in [1.54, 1.807) is 13.0 Å². The summed E-state index contributed by atoms with van der Waals surface area (Å²) < 4.78 is 32.0. The van der Waals surface area contributed by atoms with Crippen molar-refractivity contribution in [1.82, 2.24) is 0 Å². The fraction of sp³-hybridized carbons (Fsp3) is 0.231. The number of aliphatic hydroxyl groups is 1. The van der Waals surface area contributed by atoms with Crippen molar-refractivity contribution in [2.75, 3.05) is 0 Å². The summed E-state index contributed by atoms with van der Waals surface area (Å²) in [4.78, 5) is 0. The molecule has 2 aromatic rings. The van der Waals surface area contributed by atoms with Crippen LogP contribution in [0.15, 0.2) is 28.9 Å². The van der Waals surface area contributed by atoms with Gasteiger partial charge in [-0.05, 0) is 37.6 Å². The molecule has 1 heterocycles. The van der Waals surface area contributed by atoms with E-state index in [4.69, 9.17) is 4.42 Å². The Morgan fingerprint density at radius 2 is 1.82 bits per heavy atom. The van der Waals surface area contributed by atoms with Crippen molar-refractivity contribution in [3.05, 3.63) is 58.5 Å². The predicted octanol–water partition coefficient (Wildman–Crippen LogP) is 3.26. The summed E-state index contributed by atoms with van der Waals surface area (Å²) in [6.45, 7) is 3.18. The van der Waals surface area contributed by atoms with E-state index in [0.717, 1.165) is 12.1 Å². The van der Waals surface area contributed by atoms with Gasteiger partial charge in [-0.3, -0.25) is 0 Å². The minimum absolute atomic E-state index is 0.0890. The van der Waals surface area contributed by atoms with Crippen molar-refractivity contribution in [3.8, 4) is 0 Å². The average Bonchev–Trinajstić information content (AvgIpc) is 2.69. The molecular weight excluding hydrogens is 226 g/mol. The number of aryl methyl sites for hydroxylation is 2. The smallest absolute Gasteiger partial charge is 0.129 e. The zero-order valence-electron chi connectivity index (χ0n) is 9.50. The van der Waals surface area contributed by atoms with Crippen molar-refractivity contribution in [2.24, 2.45) is 0 Å². The third-order valence-corrected chi connectivity index (χ3v) is 2.64. The van der Waals surface area contributed by atoms with Crippen LogP contribution < -0.4 is 0 Å². The molecule has 0 spiro atoms. The summed E-state index contributed by atoms with van der Waals surface area (Å²) in [5.41, 5.74) is 0.528. The van der Waals surface area contributed by atoms with Gasteiger partial charge in [0.1, 0.15) is 23.5 Å². The van der Waals surface area contributed by atoms with Crippen LogP contribution in [0, 0.1) is 25.5 Å². The Kier molecular flexibility index (Phi) is 2.98. The maximum atomic E-state index is 13.6. The lowest BCUT2D eigenvalue weighted by Gasteiger charge is -2.11. The SMILES string of the molecule is Cc1cc(C(O)c2cc(F)c(C)cc2F)co1. The number of benzene rings is 1. The third kappa shape index (κ3) is 2.22. The zero-order valence-corrected chi connectivity index (χ0v) is 9.50. The molecule has 2 nitrogen and oxygen atoms in total. The lowest BCUT2D eigenvalue weighted by Crippen LogP contribution is -2.03. The predicted molar refractivity (Wildman–Crippen MR) is 58.6 cm³/mol. The number of hydrogen-bond acceptors (Lipinski definition) is 2. The van der Waals surface area contributed by atoms with Crippen molar-refractivity contribution in [2.45, 2.75) is 20.0 Å². The fourth-order valence-electron chi connectivity index (χ4n) is 1.66. The van der Waals surface area contributed by atoms with Crippen molar-refractivity contribution >= 4 is 0 Å². The van der Waals surface area contributed by atoms with Crippen LogP contribution >= 0.6 is 0 Å². The summed E-state index contributed by atoms with van der Waals surface area (Å²) in [5, 5.41) is 9.93. The summed E-state index contributed by atoms with van der Waals surface area (Å²) in [7, 11) is 0. The van der Waals surface area contributed by atoms with Gasteiger partial charge in [-0.2, -0.15) is 0 Å². The molecule has 0 saturated carbocycles. The van der Waals surface area contributed by atoms with Crippen molar-refractivity contribution < 1.29 is 18.3 Å². The third-order valence-electron chi connectivity index (χ3n) is 2.64. The van der Waals surface area contributed by atoms with Crippen LogP contribution in [0.3, 0.4) is 0 Å². The van der Waals surface area contributed by atoms with Gasteiger partial charge in [0.15, 0.2) is 0 Å². The van der Waals surface area contributed by atoms with E-state index >= 15 is 0 Å². The number of halogens is 2. The molecule has 0 aliphatic rings. The number of rotatable bonds is 2. The van der Waals surface area contributed by atoms with Crippen LogP contribution in [0.2, 0.25) is 0 Å². The molecule has 0 bridgehead atoms. The van der Waals surface area contributed by atoms with E-state index in [1.165, 1.54) is 13.2 Å². The Hall–Kier alpha value is -1.68. The maximum Gasteiger partial charge on any atom is 0.129 e. The standard InChI is InChI=1S/C13H12F2O2/c1-7-3-12(15)10(5-11(7)14)13(16)9-4-8(2)17-6-9/h3-6,13,16H,1-2H3. The monoisotopic (exact) mass is 238 g/mol. The van der Waals surface area contributed by atoms with Crippen LogP contribution in [0.4, 0.5) is 8.78 Å². The summed E-state index contributed by atoms with van der Waals surface area (Å²) in [6.07, 6.45) is 0.111. The van der Waals surface area contributed by atoms with Gasteiger partial charge >= 0.3 is 0 Å². The molecule has 4 heteroatoms. The van der Waals surface area contributed by atoms with E-state index in [2.05, 4.69) is 0 Å². The topological polar surface area (TPSA) is 33.4 Å². The van der Waals surface area contributed by atoms with E-state index < -0.39 is 17.7 Å². The van der Waals surface area contributed by atoms with Gasteiger partial charge in [-0.15, -0.1) is 0 Å². The number of furan rings is 1. The molecule has 0 radical (unpaired) electrons. The van der Waals surface area contributed by atoms with Crippen LogP contribution in [-0.2, 0) is 0 Å². The highest BCUT2D eigenvalue weighted by atomic mass is 19.1. The number of hydrogen-bond donors (Lipinski definition) is 1. The fourth-order valence-corrected chi connectivity index (χ4v) is 1.66. The van der Waals surface area contributed by atoms with Gasteiger partial charge in [0, 0.05) is 11.1 Å². The van der Waals surface area contributed by atoms with Gasteiger partial charge in [-0.1, -0.05) is 0 Å². The quantitative estimate of drug-likeness (QED) is 0.871. The minimum atomic E-state index is -1.22. The molecule has 1 unspecified atom stereocenters. The first-order chi connectivity index (χ1) is 7.99. The van der Waals surface area contributed by atoms with E-state index in [0.29, 0.717) is 11.3 Å². The highest BCUT2D eigenvalue weighted by molar-refractivity contribution is 5.32. The van der Waals surface area contributed by atoms with Gasteiger partial charge in [0.2, 0.25) is 0 Å². The molecule has 1 aromatic carbocycles. The lowest BCUT2D eigenvalue weighted by atomic mass is 10.0. The van der Waals surface area contributed by atoms with Crippen LogP contribution in [0.1, 0.15) is 28.6 Å². The largest absolute Gasteiger partial charge is 0.469 e. The van der Waals surface area contributed by atoms with E-state index in [-0.39, 0.29) is 11.1 Å². The summed E-state index contributed by atoms with van der Waals surface area (Å²) in [5.74, 6) is -0.567. The van der Waals surface area contributed by atoms with Gasteiger partial charge in [0.25, 0.3) is 0 Å². The molecule has 2 rings (SSSR count). The Balaban J connectivity index is 2.43. The van der Waals surface area contributed by atoms with Gasteiger partial charge < -0.3 is 9.52 Å². The van der Waals surface area contributed by atoms with Crippen molar-refractivity contribution in [3.63, 3.8) is 0 Å². The molecule has 1 N–H and O–H groups in total.